The van der Waals surface area contributed by atoms with Gasteiger partial charge in [-0.15, -0.1) is 11.8 Å². The Morgan fingerprint density at radius 2 is 2.42 bits per heavy atom. The van der Waals surface area contributed by atoms with E-state index in [1.54, 1.807) is 0 Å². The summed E-state index contributed by atoms with van der Waals surface area (Å²) in [4.78, 5) is 11.2. The van der Waals surface area contributed by atoms with Crippen molar-refractivity contribution in [1.82, 2.24) is 0 Å². The van der Waals surface area contributed by atoms with Crippen molar-refractivity contribution in [3.8, 4) is 0 Å². The molecule has 1 aliphatic heterocycles. The van der Waals surface area contributed by atoms with Crippen LogP contribution in [-0.4, -0.2) is 24.1 Å². The van der Waals surface area contributed by atoms with Crippen LogP contribution in [-0.2, 0) is 9.53 Å². The van der Waals surface area contributed by atoms with E-state index in [9.17, 15) is 4.79 Å². The molecule has 1 unspecified atom stereocenters. The summed E-state index contributed by atoms with van der Waals surface area (Å²) >= 11 is 1.81. The minimum Gasteiger partial charge on any atom is -0.466 e. The lowest BCUT2D eigenvalue weighted by molar-refractivity contribution is -0.136. The standard InChI is InChI=1S/C9H14O2S/c1-6(2)8-7(4-5-12-8)9(10)11-3/h4,6,8H,5H2,1-3H3. The van der Waals surface area contributed by atoms with E-state index in [0.29, 0.717) is 11.2 Å². The Hall–Kier alpha value is -0.440. The summed E-state index contributed by atoms with van der Waals surface area (Å²) in [6.07, 6.45) is 1.97. The van der Waals surface area contributed by atoms with Crippen LogP contribution >= 0.6 is 11.8 Å². The van der Waals surface area contributed by atoms with Gasteiger partial charge in [-0.25, -0.2) is 4.79 Å². The highest BCUT2D eigenvalue weighted by atomic mass is 32.2. The van der Waals surface area contributed by atoms with Crippen molar-refractivity contribution in [2.24, 2.45) is 5.92 Å². The lowest BCUT2D eigenvalue weighted by Crippen LogP contribution is -2.18. The predicted molar refractivity (Wildman–Crippen MR) is 51.2 cm³/mol. The largest absolute Gasteiger partial charge is 0.466 e. The third-order valence-electron chi connectivity index (χ3n) is 1.91. The van der Waals surface area contributed by atoms with Gasteiger partial charge >= 0.3 is 5.97 Å². The molecular weight excluding hydrogens is 172 g/mol. The molecule has 0 saturated heterocycles. The average Bonchev–Trinajstić information content (AvgIpc) is 2.50. The Morgan fingerprint density at radius 3 is 2.92 bits per heavy atom. The van der Waals surface area contributed by atoms with Crippen LogP contribution in [0.15, 0.2) is 11.6 Å². The summed E-state index contributed by atoms with van der Waals surface area (Å²) in [6.45, 7) is 4.25. The van der Waals surface area contributed by atoms with Crippen LogP contribution in [0, 0.1) is 5.92 Å². The van der Waals surface area contributed by atoms with Crippen LogP contribution in [0.4, 0.5) is 0 Å². The highest BCUT2D eigenvalue weighted by Gasteiger charge is 2.28. The molecule has 3 heteroatoms. The highest BCUT2D eigenvalue weighted by Crippen LogP contribution is 2.32. The summed E-state index contributed by atoms with van der Waals surface area (Å²) in [6, 6.07) is 0. The molecule has 1 rings (SSSR count). The Morgan fingerprint density at radius 1 is 1.75 bits per heavy atom. The van der Waals surface area contributed by atoms with E-state index in [2.05, 4.69) is 13.8 Å². The molecule has 0 aromatic rings. The fourth-order valence-corrected chi connectivity index (χ4v) is 2.56. The minimum atomic E-state index is -0.168. The lowest BCUT2D eigenvalue weighted by Gasteiger charge is -2.15. The molecule has 0 amide bonds. The number of rotatable bonds is 2. The molecule has 0 saturated carbocycles. The van der Waals surface area contributed by atoms with E-state index in [-0.39, 0.29) is 5.97 Å². The van der Waals surface area contributed by atoms with Gasteiger partial charge in [0, 0.05) is 16.6 Å². The molecule has 0 spiro atoms. The Labute approximate surface area is 77.4 Å². The fraction of sp³-hybridized carbons (Fsp3) is 0.667. The van der Waals surface area contributed by atoms with Gasteiger partial charge in [-0.2, -0.15) is 0 Å². The molecule has 0 aliphatic carbocycles. The summed E-state index contributed by atoms with van der Waals surface area (Å²) < 4.78 is 4.69. The first-order chi connectivity index (χ1) is 5.66. The SMILES string of the molecule is COC(=O)C1=CCSC1C(C)C. The van der Waals surface area contributed by atoms with Crippen molar-refractivity contribution < 1.29 is 9.53 Å². The number of carbonyl (C=O) groups is 1. The summed E-state index contributed by atoms with van der Waals surface area (Å²) in [5.41, 5.74) is 0.845. The Balaban J connectivity index is 2.69. The van der Waals surface area contributed by atoms with Crippen LogP contribution in [0.1, 0.15) is 13.8 Å². The number of hydrogen-bond acceptors (Lipinski definition) is 3. The van der Waals surface area contributed by atoms with Crippen LogP contribution < -0.4 is 0 Å². The van der Waals surface area contributed by atoms with Crippen molar-refractivity contribution in [1.29, 1.82) is 0 Å². The number of hydrogen-bond donors (Lipinski definition) is 0. The number of esters is 1. The van der Waals surface area contributed by atoms with Gasteiger partial charge in [-0.3, -0.25) is 0 Å². The molecule has 0 fully saturated rings. The molecule has 0 bridgehead atoms. The van der Waals surface area contributed by atoms with Crippen molar-refractivity contribution >= 4 is 17.7 Å². The average molecular weight is 186 g/mol. The van der Waals surface area contributed by atoms with E-state index in [0.717, 1.165) is 11.3 Å². The van der Waals surface area contributed by atoms with Gasteiger partial charge in [0.15, 0.2) is 0 Å². The molecule has 1 atom stereocenters. The second-order valence-corrected chi connectivity index (χ2v) is 4.32. The smallest absolute Gasteiger partial charge is 0.334 e. The molecule has 12 heavy (non-hydrogen) atoms. The van der Waals surface area contributed by atoms with E-state index >= 15 is 0 Å². The molecule has 1 aliphatic rings. The van der Waals surface area contributed by atoms with Crippen LogP contribution in [0.25, 0.3) is 0 Å². The topological polar surface area (TPSA) is 26.3 Å². The Kier molecular flexibility index (Phi) is 3.20. The van der Waals surface area contributed by atoms with Gasteiger partial charge < -0.3 is 4.74 Å². The van der Waals surface area contributed by atoms with Crippen LogP contribution in [0.3, 0.4) is 0 Å². The molecule has 2 nitrogen and oxygen atoms in total. The maximum atomic E-state index is 11.2. The first-order valence-corrected chi connectivity index (χ1v) is 5.11. The molecular formula is C9H14O2S. The van der Waals surface area contributed by atoms with Crippen molar-refractivity contribution in [2.75, 3.05) is 12.9 Å². The highest BCUT2D eigenvalue weighted by molar-refractivity contribution is 8.00. The third-order valence-corrected chi connectivity index (χ3v) is 3.43. The number of ether oxygens (including phenoxy) is 1. The van der Waals surface area contributed by atoms with E-state index in [1.807, 2.05) is 17.8 Å². The maximum absolute atomic E-state index is 11.2. The van der Waals surface area contributed by atoms with Crippen molar-refractivity contribution in [3.05, 3.63) is 11.6 Å². The normalized spacial score (nSPS) is 22.7. The van der Waals surface area contributed by atoms with Gasteiger partial charge in [0.25, 0.3) is 0 Å². The molecule has 0 aromatic carbocycles. The maximum Gasteiger partial charge on any atom is 0.334 e. The first-order valence-electron chi connectivity index (χ1n) is 4.06. The second-order valence-electron chi connectivity index (χ2n) is 3.15. The third kappa shape index (κ3) is 1.83. The monoisotopic (exact) mass is 186 g/mol. The van der Waals surface area contributed by atoms with E-state index in [4.69, 9.17) is 4.74 Å². The second kappa shape index (κ2) is 3.99. The molecule has 68 valence electrons. The van der Waals surface area contributed by atoms with Gasteiger partial charge in [0.2, 0.25) is 0 Å². The van der Waals surface area contributed by atoms with Crippen molar-refractivity contribution in [3.63, 3.8) is 0 Å². The Bertz CT molecular complexity index is 209. The minimum absolute atomic E-state index is 0.168. The molecule has 0 radical (unpaired) electrons. The van der Waals surface area contributed by atoms with E-state index < -0.39 is 0 Å². The predicted octanol–water partition coefficient (Wildman–Crippen LogP) is 1.86. The fourth-order valence-electron chi connectivity index (χ4n) is 1.32. The zero-order chi connectivity index (χ0) is 9.14. The van der Waals surface area contributed by atoms with Crippen molar-refractivity contribution in [2.45, 2.75) is 19.1 Å². The summed E-state index contributed by atoms with van der Waals surface area (Å²) in [5.74, 6) is 1.27. The van der Waals surface area contributed by atoms with Gasteiger partial charge in [-0.05, 0) is 5.92 Å². The van der Waals surface area contributed by atoms with Crippen LogP contribution in [0.5, 0.6) is 0 Å². The van der Waals surface area contributed by atoms with Gasteiger partial charge in [0.1, 0.15) is 0 Å². The molecule has 1 heterocycles. The van der Waals surface area contributed by atoms with Gasteiger partial charge in [0.05, 0.1) is 7.11 Å². The number of carbonyl (C=O) groups excluding carboxylic acids is 1. The molecule has 0 aromatic heterocycles. The summed E-state index contributed by atoms with van der Waals surface area (Å²) in [7, 11) is 1.43. The first kappa shape index (κ1) is 9.65. The van der Waals surface area contributed by atoms with E-state index in [1.165, 1.54) is 7.11 Å². The van der Waals surface area contributed by atoms with Gasteiger partial charge in [-0.1, -0.05) is 19.9 Å². The van der Waals surface area contributed by atoms with Crippen LogP contribution in [0.2, 0.25) is 0 Å². The zero-order valence-electron chi connectivity index (χ0n) is 7.66. The summed E-state index contributed by atoms with van der Waals surface area (Å²) in [5, 5.41) is 0.331. The quantitative estimate of drug-likeness (QED) is 0.616. The lowest BCUT2D eigenvalue weighted by atomic mass is 10.0. The molecule has 0 N–H and O–H groups in total. The number of thioether (sulfide) groups is 1. The zero-order valence-corrected chi connectivity index (χ0v) is 8.48. The number of methoxy groups -OCH3 is 1.